The predicted octanol–water partition coefficient (Wildman–Crippen LogP) is 3.91. The van der Waals surface area contributed by atoms with E-state index < -0.39 is 10.9 Å². The van der Waals surface area contributed by atoms with Gasteiger partial charge < -0.3 is 14.2 Å². The first kappa shape index (κ1) is 22.0. The van der Waals surface area contributed by atoms with E-state index in [1.54, 1.807) is 18.2 Å². The highest BCUT2D eigenvalue weighted by atomic mass is 16.6. The summed E-state index contributed by atoms with van der Waals surface area (Å²) in [7, 11) is 0. The van der Waals surface area contributed by atoms with Crippen molar-refractivity contribution in [2.75, 3.05) is 6.61 Å². The van der Waals surface area contributed by atoms with Gasteiger partial charge in [0.15, 0.2) is 0 Å². The standard InChI is InChI=1S/C24H25NO7/c1-15-19-11-7-17(4-3-13-24(2)22(32-24)21(19)31-23(15)27)14-30-20(26)12-8-16-5-9-18(10-6-16)25(28)29/h4-6,8-10,12,19,21-22H,1,3,7,11,13-14H2,2H3/b12-8+,17-4+/t19-,21-,22-,24+/m0/s1. The second-order valence-electron chi connectivity index (χ2n) is 8.58. The molecule has 0 aromatic heterocycles. The van der Waals surface area contributed by atoms with E-state index in [4.69, 9.17) is 14.2 Å². The van der Waals surface area contributed by atoms with Crippen molar-refractivity contribution in [3.05, 3.63) is 69.8 Å². The fraction of sp³-hybridized carbons (Fsp3) is 0.417. The predicted molar refractivity (Wildman–Crippen MR) is 115 cm³/mol. The number of ether oxygens (including phenoxy) is 3. The minimum atomic E-state index is -0.499. The molecule has 2 saturated heterocycles. The summed E-state index contributed by atoms with van der Waals surface area (Å²) in [5.74, 6) is -0.959. The number of non-ortho nitro benzene ring substituents is 1. The lowest BCUT2D eigenvalue weighted by atomic mass is 9.84. The highest BCUT2D eigenvalue weighted by molar-refractivity contribution is 5.91. The van der Waals surface area contributed by atoms with Gasteiger partial charge in [0.1, 0.15) is 18.8 Å². The maximum absolute atomic E-state index is 12.2. The molecule has 2 fully saturated rings. The van der Waals surface area contributed by atoms with Crippen molar-refractivity contribution in [1.29, 1.82) is 0 Å². The Kier molecular flexibility index (Phi) is 5.97. The van der Waals surface area contributed by atoms with Gasteiger partial charge in [-0.2, -0.15) is 0 Å². The minimum absolute atomic E-state index is 0.0104. The SMILES string of the molecule is C=C1C(=O)O[C@H]2[C@H]1CC/C(COC(=O)/C=C/c1ccc([N+](=O)[O-])cc1)=C\CC[C@@]1(C)O[C@@H]21. The third kappa shape index (κ3) is 4.65. The van der Waals surface area contributed by atoms with E-state index in [2.05, 4.69) is 12.7 Å². The zero-order valence-electron chi connectivity index (χ0n) is 17.8. The Morgan fingerprint density at radius 1 is 1.38 bits per heavy atom. The van der Waals surface area contributed by atoms with Crippen LogP contribution in [0.4, 0.5) is 5.69 Å². The lowest BCUT2D eigenvalue weighted by Crippen LogP contribution is -2.29. The molecule has 2 aliphatic heterocycles. The number of benzene rings is 1. The number of esters is 2. The second kappa shape index (κ2) is 8.70. The molecule has 1 aromatic carbocycles. The van der Waals surface area contributed by atoms with Crippen LogP contribution in [0.3, 0.4) is 0 Å². The van der Waals surface area contributed by atoms with E-state index in [0.29, 0.717) is 24.0 Å². The van der Waals surface area contributed by atoms with Crippen LogP contribution in [0.2, 0.25) is 0 Å². The molecule has 8 nitrogen and oxygen atoms in total. The van der Waals surface area contributed by atoms with E-state index in [9.17, 15) is 19.7 Å². The van der Waals surface area contributed by atoms with Crippen LogP contribution in [0.25, 0.3) is 6.08 Å². The first-order valence-electron chi connectivity index (χ1n) is 10.6. The topological polar surface area (TPSA) is 108 Å². The van der Waals surface area contributed by atoms with Crippen molar-refractivity contribution in [3.63, 3.8) is 0 Å². The third-order valence-corrected chi connectivity index (χ3v) is 6.35. The Labute approximate surface area is 185 Å². The smallest absolute Gasteiger partial charge is 0.334 e. The molecular weight excluding hydrogens is 414 g/mol. The van der Waals surface area contributed by atoms with Gasteiger partial charge in [-0.1, -0.05) is 12.7 Å². The number of nitro groups is 1. The number of carbonyl (C=O) groups excluding carboxylic acids is 2. The molecule has 0 amide bonds. The molecule has 0 saturated carbocycles. The molecule has 1 aliphatic carbocycles. The van der Waals surface area contributed by atoms with Gasteiger partial charge in [-0.15, -0.1) is 0 Å². The van der Waals surface area contributed by atoms with E-state index in [1.165, 1.54) is 18.2 Å². The van der Waals surface area contributed by atoms with Crippen LogP contribution in [-0.2, 0) is 23.8 Å². The molecule has 0 bridgehead atoms. The van der Waals surface area contributed by atoms with Crippen molar-refractivity contribution >= 4 is 23.7 Å². The van der Waals surface area contributed by atoms with Gasteiger partial charge in [-0.05, 0) is 62.0 Å². The van der Waals surface area contributed by atoms with Crippen LogP contribution >= 0.6 is 0 Å². The van der Waals surface area contributed by atoms with Crippen LogP contribution in [0, 0.1) is 16.0 Å². The van der Waals surface area contributed by atoms with Crippen molar-refractivity contribution in [1.82, 2.24) is 0 Å². The van der Waals surface area contributed by atoms with Gasteiger partial charge in [0.2, 0.25) is 0 Å². The molecule has 4 atom stereocenters. The van der Waals surface area contributed by atoms with Crippen LogP contribution in [0.15, 0.2) is 54.1 Å². The van der Waals surface area contributed by atoms with Crippen molar-refractivity contribution in [2.24, 2.45) is 5.92 Å². The second-order valence-corrected chi connectivity index (χ2v) is 8.58. The molecule has 0 radical (unpaired) electrons. The molecule has 8 heteroatoms. The molecule has 3 aliphatic rings. The number of nitro benzene ring substituents is 1. The molecule has 2 heterocycles. The molecule has 0 spiro atoms. The number of allylic oxidation sites excluding steroid dienone is 1. The van der Waals surface area contributed by atoms with Crippen LogP contribution in [0.5, 0.6) is 0 Å². The molecule has 32 heavy (non-hydrogen) atoms. The Morgan fingerprint density at radius 3 is 2.84 bits per heavy atom. The quantitative estimate of drug-likeness (QED) is 0.171. The average Bonchev–Trinajstić information content (AvgIpc) is 3.36. The van der Waals surface area contributed by atoms with E-state index in [-0.39, 0.29) is 42.0 Å². The number of fused-ring (bicyclic) bond motifs is 3. The number of epoxide rings is 1. The van der Waals surface area contributed by atoms with E-state index in [0.717, 1.165) is 18.4 Å². The van der Waals surface area contributed by atoms with Crippen molar-refractivity contribution in [2.45, 2.75) is 50.4 Å². The summed E-state index contributed by atoms with van der Waals surface area (Å²) >= 11 is 0. The Bertz CT molecular complexity index is 1010. The van der Waals surface area contributed by atoms with Crippen LogP contribution in [0.1, 0.15) is 38.2 Å². The minimum Gasteiger partial charge on any atom is -0.458 e. The average molecular weight is 439 g/mol. The van der Waals surface area contributed by atoms with Gasteiger partial charge in [-0.25, -0.2) is 9.59 Å². The fourth-order valence-electron chi connectivity index (χ4n) is 4.33. The van der Waals surface area contributed by atoms with Crippen molar-refractivity contribution < 1.29 is 28.7 Å². The Morgan fingerprint density at radius 2 is 2.12 bits per heavy atom. The summed E-state index contributed by atoms with van der Waals surface area (Å²) < 4.78 is 16.8. The summed E-state index contributed by atoms with van der Waals surface area (Å²) in [5, 5.41) is 10.7. The van der Waals surface area contributed by atoms with Gasteiger partial charge in [0.25, 0.3) is 5.69 Å². The molecule has 0 unspecified atom stereocenters. The monoisotopic (exact) mass is 439 g/mol. The van der Waals surface area contributed by atoms with Gasteiger partial charge in [-0.3, -0.25) is 10.1 Å². The summed E-state index contributed by atoms with van der Waals surface area (Å²) in [5.41, 5.74) is 1.81. The van der Waals surface area contributed by atoms with Gasteiger partial charge in [0.05, 0.1) is 10.5 Å². The number of rotatable bonds is 5. The number of hydrogen-bond acceptors (Lipinski definition) is 7. The lowest BCUT2D eigenvalue weighted by Gasteiger charge is -2.20. The van der Waals surface area contributed by atoms with E-state index >= 15 is 0 Å². The molecule has 1 aromatic rings. The summed E-state index contributed by atoms with van der Waals surface area (Å²) in [4.78, 5) is 34.4. The largest absolute Gasteiger partial charge is 0.458 e. The first-order chi connectivity index (χ1) is 15.3. The highest BCUT2D eigenvalue weighted by Gasteiger charge is 2.61. The third-order valence-electron chi connectivity index (χ3n) is 6.35. The fourth-order valence-corrected chi connectivity index (χ4v) is 4.33. The molecule has 4 rings (SSSR count). The highest BCUT2D eigenvalue weighted by Crippen LogP contribution is 2.49. The summed E-state index contributed by atoms with van der Waals surface area (Å²) in [6, 6.07) is 5.88. The van der Waals surface area contributed by atoms with E-state index in [1.807, 2.05) is 6.92 Å². The normalized spacial score (nSPS) is 31.2. The lowest BCUT2D eigenvalue weighted by molar-refractivity contribution is -0.384. The number of hydrogen-bond donors (Lipinski definition) is 0. The van der Waals surface area contributed by atoms with Crippen LogP contribution < -0.4 is 0 Å². The van der Waals surface area contributed by atoms with Crippen LogP contribution in [-0.4, -0.2) is 41.3 Å². The van der Waals surface area contributed by atoms with Gasteiger partial charge >= 0.3 is 11.9 Å². The Hall–Kier alpha value is -3.26. The number of nitrogens with zero attached hydrogens (tertiary/aromatic N) is 1. The maximum atomic E-state index is 12.2. The first-order valence-corrected chi connectivity index (χ1v) is 10.6. The maximum Gasteiger partial charge on any atom is 0.334 e. The molecular formula is C24H25NO7. The Balaban J connectivity index is 1.35. The molecule has 0 N–H and O–H groups in total. The molecule has 168 valence electrons. The summed E-state index contributed by atoms with van der Waals surface area (Å²) in [6.07, 6.45) is 7.46. The van der Waals surface area contributed by atoms with Crippen molar-refractivity contribution in [3.8, 4) is 0 Å². The van der Waals surface area contributed by atoms with Gasteiger partial charge in [0, 0.05) is 29.7 Å². The zero-order chi connectivity index (χ0) is 22.9. The number of carbonyl (C=O) groups is 2. The zero-order valence-corrected chi connectivity index (χ0v) is 17.8. The summed E-state index contributed by atoms with van der Waals surface area (Å²) in [6.45, 7) is 6.09.